The molecule has 12 heteroatoms. The van der Waals surface area contributed by atoms with Crippen molar-refractivity contribution in [2.75, 3.05) is 29.2 Å². The molecule has 1 amide bonds. The molecule has 1 aromatic heterocycles. The number of carbonyl (C=O) groups is 1. The normalized spacial score (nSPS) is 14.4. The zero-order valence-corrected chi connectivity index (χ0v) is 21.5. The minimum Gasteiger partial charge on any atom is -0.497 e. The van der Waals surface area contributed by atoms with E-state index in [1.807, 2.05) is 6.07 Å². The van der Waals surface area contributed by atoms with Crippen LogP contribution in [0, 0.1) is 0 Å². The van der Waals surface area contributed by atoms with E-state index in [4.69, 9.17) is 20.2 Å². The third-order valence-corrected chi connectivity index (χ3v) is 6.79. The minimum atomic E-state index is -2.55. The maximum atomic E-state index is 12.7. The van der Waals surface area contributed by atoms with Gasteiger partial charge in [0.15, 0.2) is 11.6 Å². The highest BCUT2D eigenvalue weighted by Crippen LogP contribution is 2.37. The average Bonchev–Trinajstić information content (AvgIpc) is 3.67. The van der Waals surface area contributed by atoms with E-state index in [9.17, 15) is 13.6 Å². The number of anilines is 5. The molecule has 1 fully saturated rings. The molecule has 5 rings (SSSR count). The number of hydrogen-bond donors (Lipinski definition) is 4. The molecule has 11 nitrogen and oxygen atoms in total. The highest BCUT2D eigenvalue weighted by molar-refractivity contribution is 7.81. The minimum absolute atomic E-state index is 0.0901. The Morgan fingerprint density at radius 1 is 0.974 bits per heavy atom. The first kappa shape index (κ1) is 25.4. The Kier molecular flexibility index (Phi) is 6.85. The third kappa shape index (κ3) is 5.23. The summed E-state index contributed by atoms with van der Waals surface area (Å²) in [6, 6.07) is 18.9. The highest BCUT2D eigenvalue weighted by atomic mass is 32.2. The number of aromatic nitrogens is 2. The summed E-state index contributed by atoms with van der Waals surface area (Å²) in [5, 5.41) is 5.98. The lowest BCUT2D eigenvalue weighted by Crippen LogP contribution is -2.37. The molecule has 1 aliphatic carbocycles. The smallest absolute Gasteiger partial charge is 0.268 e. The lowest BCUT2D eigenvalue weighted by Gasteiger charge is -2.23. The van der Waals surface area contributed by atoms with E-state index in [-0.39, 0.29) is 17.5 Å². The maximum Gasteiger partial charge on any atom is 0.268 e. The number of rotatable bonds is 9. The van der Waals surface area contributed by atoms with E-state index in [0.29, 0.717) is 52.4 Å². The second-order valence-electron chi connectivity index (χ2n) is 8.80. The lowest BCUT2D eigenvalue weighted by atomic mass is 10.2. The van der Waals surface area contributed by atoms with E-state index in [0.717, 1.165) is 4.31 Å². The number of benzene rings is 3. The number of amides is 1. The molecule has 0 bridgehead atoms. The van der Waals surface area contributed by atoms with Gasteiger partial charge in [0.05, 0.1) is 36.5 Å². The van der Waals surface area contributed by atoms with Crippen LogP contribution in [0.15, 0.2) is 66.7 Å². The van der Waals surface area contributed by atoms with E-state index in [1.165, 1.54) is 14.2 Å². The van der Waals surface area contributed by atoms with Gasteiger partial charge in [-0.3, -0.25) is 9.35 Å². The molecule has 1 saturated carbocycles. The second-order valence-corrected chi connectivity index (χ2v) is 9.62. The fourth-order valence-electron chi connectivity index (χ4n) is 3.85. The van der Waals surface area contributed by atoms with Crippen molar-refractivity contribution < 1.29 is 23.0 Å². The summed E-state index contributed by atoms with van der Waals surface area (Å²) in [4.78, 5) is 21.8. The fourth-order valence-corrected chi connectivity index (χ4v) is 4.42. The van der Waals surface area contributed by atoms with Crippen molar-refractivity contribution >= 4 is 56.9 Å². The number of nitrogens with two attached hydrogens (primary N) is 1. The first-order chi connectivity index (χ1) is 18.3. The SMILES string of the molecule is COc1cc(Nc2nc3ccccc3nc2N(c2cccc(NC(=O)C3(N)CC3)c2)S(=O)O)cc(OC)c1. The number of nitrogens with zero attached hydrogens (tertiary/aromatic N) is 3. The van der Waals surface area contributed by atoms with Crippen molar-refractivity contribution in [2.45, 2.75) is 18.4 Å². The number of ether oxygens (including phenoxy) is 2. The summed E-state index contributed by atoms with van der Waals surface area (Å²) in [6.45, 7) is 0. The molecule has 196 valence electrons. The van der Waals surface area contributed by atoms with Crippen LogP contribution >= 0.6 is 0 Å². The van der Waals surface area contributed by atoms with Gasteiger partial charge in [0.1, 0.15) is 11.5 Å². The second kappa shape index (κ2) is 10.2. The van der Waals surface area contributed by atoms with Crippen molar-refractivity contribution in [3.63, 3.8) is 0 Å². The predicted molar refractivity (Wildman–Crippen MR) is 147 cm³/mol. The molecular formula is C26H26N6O5S. The van der Waals surface area contributed by atoms with Gasteiger partial charge in [-0.25, -0.2) is 18.5 Å². The monoisotopic (exact) mass is 534 g/mol. The zero-order valence-electron chi connectivity index (χ0n) is 20.7. The van der Waals surface area contributed by atoms with Crippen molar-refractivity contribution in [2.24, 2.45) is 5.73 Å². The van der Waals surface area contributed by atoms with E-state index in [1.54, 1.807) is 60.7 Å². The summed E-state index contributed by atoms with van der Waals surface area (Å²) in [5.41, 5.74) is 7.54. The van der Waals surface area contributed by atoms with Crippen LogP contribution in [-0.2, 0) is 16.1 Å². The van der Waals surface area contributed by atoms with Crippen LogP contribution < -0.4 is 30.1 Å². The van der Waals surface area contributed by atoms with Gasteiger partial charge in [-0.2, -0.15) is 0 Å². The third-order valence-electron chi connectivity index (χ3n) is 6.09. The van der Waals surface area contributed by atoms with Gasteiger partial charge in [-0.1, -0.05) is 18.2 Å². The maximum absolute atomic E-state index is 12.7. The molecule has 0 radical (unpaired) electrons. The summed E-state index contributed by atoms with van der Waals surface area (Å²) in [6.07, 6.45) is 1.23. The molecular weight excluding hydrogens is 508 g/mol. The average molecular weight is 535 g/mol. The largest absolute Gasteiger partial charge is 0.497 e. The molecule has 0 spiro atoms. The Morgan fingerprint density at radius 3 is 2.24 bits per heavy atom. The van der Waals surface area contributed by atoms with Crippen LogP contribution in [0.2, 0.25) is 0 Å². The van der Waals surface area contributed by atoms with Crippen LogP contribution in [0.3, 0.4) is 0 Å². The van der Waals surface area contributed by atoms with Crippen molar-refractivity contribution in [1.29, 1.82) is 0 Å². The Morgan fingerprint density at radius 2 is 1.63 bits per heavy atom. The van der Waals surface area contributed by atoms with Crippen molar-refractivity contribution in [1.82, 2.24) is 9.97 Å². The quantitative estimate of drug-likeness (QED) is 0.233. The molecule has 38 heavy (non-hydrogen) atoms. The molecule has 1 atom stereocenters. The fraction of sp³-hybridized carbons (Fsp3) is 0.192. The Bertz CT molecular complexity index is 1520. The Balaban J connectivity index is 1.59. The van der Waals surface area contributed by atoms with Crippen molar-refractivity contribution in [3.05, 3.63) is 66.7 Å². The highest BCUT2D eigenvalue weighted by Gasteiger charge is 2.46. The molecule has 0 saturated heterocycles. The zero-order chi connectivity index (χ0) is 26.9. The Hall–Kier alpha value is -4.26. The number of para-hydroxylation sites is 2. The number of hydrogen-bond acceptors (Lipinski definition) is 8. The molecule has 1 unspecified atom stereocenters. The lowest BCUT2D eigenvalue weighted by molar-refractivity contribution is -0.118. The first-order valence-electron chi connectivity index (χ1n) is 11.7. The standard InChI is InChI=1S/C26H26N6O5S/c1-36-19-13-17(14-20(15-19)37-2)28-23-24(31-22-9-4-3-8-21(22)30-23)32(38(34)35)18-7-5-6-16(12-18)29-25(33)26(27)10-11-26/h3-9,12-15H,10-11,27H2,1-2H3,(H,28,30)(H,29,33)(H,34,35). The molecule has 1 aliphatic rings. The van der Waals surface area contributed by atoms with E-state index >= 15 is 0 Å². The van der Waals surface area contributed by atoms with Gasteiger partial charge in [-0.05, 0) is 43.2 Å². The van der Waals surface area contributed by atoms with E-state index < -0.39 is 16.8 Å². The molecule has 1 heterocycles. The summed E-state index contributed by atoms with van der Waals surface area (Å²) < 4.78 is 35.0. The first-order valence-corrected chi connectivity index (χ1v) is 12.7. The van der Waals surface area contributed by atoms with Gasteiger partial charge in [0.25, 0.3) is 11.3 Å². The van der Waals surface area contributed by atoms with Gasteiger partial charge in [0, 0.05) is 29.6 Å². The molecule has 0 aliphatic heterocycles. The molecule has 4 aromatic rings. The van der Waals surface area contributed by atoms with Crippen LogP contribution in [-0.4, -0.2) is 44.4 Å². The number of methoxy groups -OCH3 is 2. The van der Waals surface area contributed by atoms with Gasteiger partial charge >= 0.3 is 0 Å². The van der Waals surface area contributed by atoms with Crippen molar-refractivity contribution in [3.8, 4) is 11.5 Å². The number of carbonyl (C=O) groups excluding carboxylic acids is 1. The van der Waals surface area contributed by atoms with Gasteiger partial charge in [0.2, 0.25) is 5.91 Å². The molecule has 5 N–H and O–H groups in total. The topological polar surface area (TPSA) is 152 Å². The van der Waals surface area contributed by atoms with Crippen LogP contribution in [0.25, 0.3) is 11.0 Å². The number of fused-ring (bicyclic) bond motifs is 1. The predicted octanol–water partition coefficient (Wildman–Crippen LogP) is 4.10. The van der Waals surface area contributed by atoms with Crippen LogP contribution in [0.4, 0.5) is 28.7 Å². The van der Waals surface area contributed by atoms with Crippen LogP contribution in [0.5, 0.6) is 11.5 Å². The van der Waals surface area contributed by atoms with Gasteiger partial charge in [-0.15, -0.1) is 0 Å². The Labute approximate surface area is 221 Å². The summed E-state index contributed by atoms with van der Waals surface area (Å²) in [5.74, 6) is 1.09. The number of nitrogens with one attached hydrogen (secondary N) is 2. The van der Waals surface area contributed by atoms with Crippen LogP contribution in [0.1, 0.15) is 12.8 Å². The summed E-state index contributed by atoms with van der Waals surface area (Å²) in [7, 11) is 3.08. The summed E-state index contributed by atoms with van der Waals surface area (Å²) >= 11 is -2.55. The molecule has 3 aromatic carbocycles. The van der Waals surface area contributed by atoms with E-state index in [2.05, 4.69) is 15.6 Å². The van der Waals surface area contributed by atoms with Gasteiger partial charge < -0.3 is 25.8 Å².